The predicted octanol–water partition coefficient (Wildman–Crippen LogP) is 4.09. The van der Waals surface area contributed by atoms with E-state index < -0.39 is 0 Å². The summed E-state index contributed by atoms with van der Waals surface area (Å²) in [5.41, 5.74) is 4.47. The molecule has 1 N–H and O–H groups in total. The molecular formula is C21H21N3O2. The molecule has 0 aliphatic rings. The summed E-state index contributed by atoms with van der Waals surface area (Å²) in [5, 5.41) is 2.87. The maximum Gasteiger partial charge on any atom is 0.262 e. The number of para-hydroxylation sites is 1. The van der Waals surface area contributed by atoms with Crippen molar-refractivity contribution in [3.63, 3.8) is 0 Å². The molecule has 1 aromatic heterocycles. The van der Waals surface area contributed by atoms with Crippen molar-refractivity contribution < 1.29 is 9.53 Å². The number of ether oxygens (including phenoxy) is 1. The first kappa shape index (κ1) is 17.6. The van der Waals surface area contributed by atoms with Crippen LogP contribution in [0.25, 0.3) is 11.3 Å². The minimum Gasteiger partial charge on any atom is -0.483 e. The molecule has 1 heterocycles. The molecule has 5 nitrogen and oxygen atoms in total. The molecule has 0 fully saturated rings. The van der Waals surface area contributed by atoms with Gasteiger partial charge in [0.25, 0.3) is 5.91 Å². The number of nitrogens with one attached hydrogen (secondary N) is 1. The van der Waals surface area contributed by atoms with Crippen molar-refractivity contribution in [2.75, 3.05) is 11.9 Å². The van der Waals surface area contributed by atoms with Crippen LogP contribution in [-0.4, -0.2) is 22.5 Å². The molecule has 0 spiro atoms. The molecule has 0 saturated heterocycles. The number of anilines is 1. The van der Waals surface area contributed by atoms with Crippen molar-refractivity contribution in [3.05, 3.63) is 71.7 Å². The number of benzene rings is 2. The van der Waals surface area contributed by atoms with Gasteiger partial charge in [-0.1, -0.05) is 30.3 Å². The Bertz CT molecular complexity index is 918. The standard InChI is InChI=1S/C21H21N3O2/c1-14-6-4-7-15(2)21(14)26-13-20(25)24-18-9-5-8-17(12-18)19-10-11-22-16(3)23-19/h4-12H,13H2,1-3H3,(H,24,25). The van der Waals surface area contributed by atoms with E-state index in [0.717, 1.165) is 28.1 Å². The van der Waals surface area contributed by atoms with Crippen LogP contribution in [0.4, 0.5) is 5.69 Å². The predicted molar refractivity (Wildman–Crippen MR) is 102 cm³/mol. The maximum absolute atomic E-state index is 12.2. The van der Waals surface area contributed by atoms with Crippen LogP contribution in [0.2, 0.25) is 0 Å². The van der Waals surface area contributed by atoms with Crippen LogP contribution in [0.5, 0.6) is 5.75 Å². The van der Waals surface area contributed by atoms with E-state index >= 15 is 0 Å². The summed E-state index contributed by atoms with van der Waals surface area (Å²) < 4.78 is 5.70. The monoisotopic (exact) mass is 347 g/mol. The summed E-state index contributed by atoms with van der Waals surface area (Å²) in [5.74, 6) is 1.26. The third kappa shape index (κ3) is 4.25. The summed E-state index contributed by atoms with van der Waals surface area (Å²) in [6.45, 7) is 5.74. The summed E-state index contributed by atoms with van der Waals surface area (Å²) in [6.07, 6.45) is 1.72. The highest BCUT2D eigenvalue weighted by atomic mass is 16.5. The van der Waals surface area contributed by atoms with E-state index in [1.165, 1.54) is 0 Å². The number of aryl methyl sites for hydroxylation is 3. The lowest BCUT2D eigenvalue weighted by atomic mass is 10.1. The Morgan fingerprint density at radius 2 is 1.77 bits per heavy atom. The van der Waals surface area contributed by atoms with Gasteiger partial charge >= 0.3 is 0 Å². The Balaban J connectivity index is 1.67. The van der Waals surface area contributed by atoms with Crippen molar-refractivity contribution in [1.29, 1.82) is 0 Å². The summed E-state index contributed by atoms with van der Waals surface area (Å²) in [6, 6.07) is 15.3. The van der Waals surface area contributed by atoms with Gasteiger partial charge in [-0.3, -0.25) is 4.79 Å². The van der Waals surface area contributed by atoms with Gasteiger partial charge in [0, 0.05) is 17.4 Å². The van der Waals surface area contributed by atoms with Crippen LogP contribution in [0.1, 0.15) is 17.0 Å². The highest BCUT2D eigenvalue weighted by Gasteiger charge is 2.08. The average molecular weight is 347 g/mol. The van der Waals surface area contributed by atoms with Gasteiger partial charge in [0.05, 0.1) is 5.69 Å². The molecule has 132 valence electrons. The Morgan fingerprint density at radius 1 is 1.04 bits per heavy atom. The van der Waals surface area contributed by atoms with E-state index in [2.05, 4.69) is 15.3 Å². The molecule has 0 atom stereocenters. The van der Waals surface area contributed by atoms with Crippen LogP contribution >= 0.6 is 0 Å². The van der Waals surface area contributed by atoms with Crippen molar-refractivity contribution >= 4 is 11.6 Å². The molecule has 0 radical (unpaired) electrons. The number of amides is 1. The molecule has 5 heteroatoms. The van der Waals surface area contributed by atoms with Crippen LogP contribution in [0.15, 0.2) is 54.7 Å². The minimum atomic E-state index is -0.205. The topological polar surface area (TPSA) is 64.1 Å². The van der Waals surface area contributed by atoms with Crippen molar-refractivity contribution in [2.24, 2.45) is 0 Å². The normalized spacial score (nSPS) is 10.4. The quantitative estimate of drug-likeness (QED) is 0.755. The number of nitrogens with zero attached hydrogens (tertiary/aromatic N) is 2. The SMILES string of the molecule is Cc1nccc(-c2cccc(NC(=O)COc3c(C)cccc3C)c2)n1. The third-order valence-corrected chi connectivity index (χ3v) is 3.97. The second kappa shape index (κ2) is 7.78. The van der Waals surface area contributed by atoms with Crippen molar-refractivity contribution in [1.82, 2.24) is 9.97 Å². The summed E-state index contributed by atoms with van der Waals surface area (Å²) >= 11 is 0. The van der Waals surface area contributed by atoms with Gasteiger partial charge in [-0.2, -0.15) is 0 Å². The first-order valence-electron chi connectivity index (χ1n) is 8.42. The molecular weight excluding hydrogens is 326 g/mol. The van der Waals surface area contributed by atoms with Gasteiger partial charge < -0.3 is 10.1 Å². The van der Waals surface area contributed by atoms with Gasteiger partial charge in [-0.15, -0.1) is 0 Å². The van der Waals surface area contributed by atoms with Gasteiger partial charge in [0.2, 0.25) is 0 Å². The number of hydrogen-bond donors (Lipinski definition) is 1. The zero-order chi connectivity index (χ0) is 18.5. The Hall–Kier alpha value is -3.21. The number of carbonyl (C=O) groups is 1. The zero-order valence-corrected chi connectivity index (χ0v) is 15.1. The molecule has 0 aliphatic heterocycles. The minimum absolute atomic E-state index is 0.0392. The fourth-order valence-electron chi connectivity index (χ4n) is 2.73. The van der Waals surface area contributed by atoms with Crippen molar-refractivity contribution in [3.8, 4) is 17.0 Å². The molecule has 0 saturated carbocycles. The first-order valence-corrected chi connectivity index (χ1v) is 8.42. The zero-order valence-electron chi connectivity index (χ0n) is 15.1. The second-order valence-corrected chi connectivity index (χ2v) is 6.13. The van der Waals surface area contributed by atoms with Crippen LogP contribution in [0, 0.1) is 20.8 Å². The number of hydrogen-bond acceptors (Lipinski definition) is 4. The number of carbonyl (C=O) groups excluding carboxylic acids is 1. The van der Waals surface area contributed by atoms with E-state index in [-0.39, 0.29) is 12.5 Å². The van der Waals surface area contributed by atoms with Crippen LogP contribution in [-0.2, 0) is 4.79 Å². The maximum atomic E-state index is 12.2. The van der Waals surface area contributed by atoms with Gasteiger partial charge in [-0.25, -0.2) is 9.97 Å². The van der Waals surface area contributed by atoms with Crippen LogP contribution in [0.3, 0.4) is 0 Å². The van der Waals surface area contributed by atoms with Gasteiger partial charge in [0.15, 0.2) is 6.61 Å². The van der Waals surface area contributed by atoms with E-state index in [0.29, 0.717) is 11.5 Å². The number of rotatable bonds is 5. The molecule has 0 aliphatic carbocycles. The summed E-state index contributed by atoms with van der Waals surface area (Å²) in [7, 11) is 0. The largest absolute Gasteiger partial charge is 0.483 e. The smallest absolute Gasteiger partial charge is 0.262 e. The lowest BCUT2D eigenvalue weighted by molar-refractivity contribution is -0.118. The molecule has 0 bridgehead atoms. The van der Waals surface area contributed by atoms with Gasteiger partial charge in [-0.05, 0) is 50.1 Å². The van der Waals surface area contributed by atoms with Crippen molar-refractivity contribution in [2.45, 2.75) is 20.8 Å². The average Bonchev–Trinajstić information content (AvgIpc) is 2.61. The van der Waals surface area contributed by atoms with Gasteiger partial charge in [0.1, 0.15) is 11.6 Å². The van der Waals surface area contributed by atoms with Crippen LogP contribution < -0.4 is 10.1 Å². The Morgan fingerprint density at radius 3 is 2.50 bits per heavy atom. The molecule has 1 amide bonds. The van der Waals surface area contributed by atoms with E-state index in [4.69, 9.17) is 4.74 Å². The fourth-order valence-corrected chi connectivity index (χ4v) is 2.73. The second-order valence-electron chi connectivity index (χ2n) is 6.13. The van der Waals surface area contributed by atoms with E-state index in [1.807, 2.05) is 69.3 Å². The highest BCUT2D eigenvalue weighted by Crippen LogP contribution is 2.23. The molecule has 0 unspecified atom stereocenters. The first-order chi connectivity index (χ1) is 12.5. The number of aromatic nitrogens is 2. The molecule has 2 aromatic carbocycles. The Labute approximate surface area is 153 Å². The third-order valence-electron chi connectivity index (χ3n) is 3.97. The summed E-state index contributed by atoms with van der Waals surface area (Å²) in [4.78, 5) is 20.8. The lowest BCUT2D eigenvalue weighted by Gasteiger charge is -2.12. The lowest BCUT2D eigenvalue weighted by Crippen LogP contribution is -2.20. The molecule has 3 aromatic rings. The fraction of sp³-hybridized carbons (Fsp3) is 0.190. The Kier molecular flexibility index (Phi) is 5.27. The van der Waals surface area contributed by atoms with E-state index in [9.17, 15) is 4.79 Å². The highest BCUT2D eigenvalue weighted by molar-refractivity contribution is 5.92. The molecule has 26 heavy (non-hydrogen) atoms. The van der Waals surface area contributed by atoms with E-state index in [1.54, 1.807) is 6.20 Å². The molecule has 3 rings (SSSR count).